The quantitative estimate of drug-likeness (QED) is 0.652. The summed E-state index contributed by atoms with van der Waals surface area (Å²) in [5, 5.41) is 13.3. The van der Waals surface area contributed by atoms with Gasteiger partial charge in [0.1, 0.15) is 5.02 Å². The Morgan fingerprint density at radius 2 is 2.21 bits per heavy atom. The monoisotopic (exact) mass is 295 g/mol. The molecule has 0 aliphatic carbocycles. The van der Waals surface area contributed by atoms with Crippen molar-refractivity contribution in [2.24, 2.45) is 0 Å². The zero-order valence-corrected chi connectivity index (χ0v) is 11.1. The molecule has 0 radical (unpaired) electrons. The van der Waals surface area contributed by atoms with Gasteiger partial charge in [-0.25, -0.2) is 4.98 Å². The largest absolute Gasteiger partial charge is 0.493 e. The van der Waals surface area contributed by atoms with Crippen molar-refractivity contribution in [2.45, 2.75) is 6.61 Å². The van der Waals surface area contributed by atoms with Crippen LogP contribution >= 0.6 is 23.2 Å². The van der Waals surface area contributed by atoms with E-state index in [-0.39, 0.29) is 5.28 Å². The summed E-state index contributed by atoms with van der Waals surface area (Å²) >= 11 is 11.7. The number of hydrogen-bond donors (Lipinski definition) is 2. The first-order chi connectivity index (χ1) is 9.15. The van der Waals surface area contributed by atoms with E-state index in [1.165, 1.54) is 6.20 Å². The second-order valence-corrected chi connectivity index (χ2v) is 4.75. The van der Waals surface area contributed by atoms with Gasteiger partial charge in [0.2, 0.25) is 5.28 Å². The summed E-state index contributed by atoms with van der Waals surface area (Å²) in [5.41, 5.74) is 2.29. The molecule has 1 aliphatic rings. The van der Waals surface area contributed by atoms with E-state index in [0.717, 1.165) is 5.56 Å². The van der Waals surface area contributed by atoms with E-state index in [2.05, 4.69) is 15.3 Å². The van der Waals surface area contributed by atoms with Crippen molar-refractivity contribution < 1.29 is 9.68 Å². The summed E-state index contributed by atoms with van der Waals surface area (Å²) in [6.07, 6.45) is 1.41. The van der Waals surface area contributed by atoms with Gasteiger partial charge in [-0.15, -0.1) is 0 Å². The number of anilines is 2. The fourth-order valence-electron chi connectivity index (χ4n) is 1.95. The molecule has 0 fully saturated rings. The Morgan fingerprint density at radius 3 is 3.05 bits per heavy atom. The Kier molecular flexibility index (Phi) is 3.32. The van der Waals surface area contributed by atoms with Crippen LogP contribution in [-0.4, -0.2) is 22.1 Å². The predicted octanol–water partition coefficient (Wildman–Crippen LogP) is 1.74. The highest BCUT2D eigenvalue weighted by Crippen LogP contribution is 2.25. The fourth-order valence-corrected chi connectivity index (χ4v) is 2.22. The van der Waals surface area contributed by atoms with Crippen LogP contribution in [0.15, 0.2) is 24.4 Å². The first-order valence-electron chi connectivity index (χ1n) is 5.51. The molecular formula is C11H8BCl2N3O2. The van der Waals surface area contributed by atoms with Gasteiger partial charge in [0.05, 0.1) is 12.8 Å². The highest BCUT2D eigenvalue weighted by molar-refractivity contribution is 6.63. The minimum atomic E-state index is -0.949. The smallest absolute Gasteiger partial charge is 0.423 e. The number of halogens is 2. The second-order valence-electron chi connectivity index (χ2n) is 4.00. The third-order valence-electron chi connectivity index (χ3n) is 2.81. The summed E-state index contributed by atoms with van der Waals surface area (Å²) in [4.78, 5) is 7.78. The lowest BCUT2D eigenvalue weighted by atomic mass is 9.78. The van der Waals surface area contributed by atoms with E-state index in [4.69, 9.17) is 27.9 Å². The van der Waals surface area contributed by atoms with Gasteiger partial charge in [-0.05, 0) is 23.2 Å². The SMILES string of the molecule is OB1OCc2cccc(Nc3nc(Cl)ncc3Cl)c21. The maximum absolute atomic E-state index is 9.81. The maximum Gasteiger partial charge on any atom is 0.493 e. The number of nitrogens with zero attached hydrogens (tertiary/aromatic N) is 2. The van der Waals surface area contributed by atoms with Crippen molar-refractivity contribution in [3.05, 3.63) is 40.3 Å². The summed E-state index contributed by atoms with van der Waals surface area (Å²) in [6, 6.07) is 5.56. The van der Waals surface area contributed by atoms with E-state index in [9.17, 15) is 5.02 Å². The summed E-state index contributed by atoms with van der Waals surface area (Å²) < 4.78 is 5.18. The molecule has 2 N–H and O–H groups in total. The van der Waals surface area contributed by atoms with Crippen molar-refractivity contribution in [3.8, 4) is 0 Å². The van der Waals surface area contributed by atoms with Crippen LogP contribution in [0.4, 0.5) is 11.5 Å². The minimum absolute atomic E-state index is 0.0938. The summed E-state index contributed by atoms with van der Waals surface area (Å²) in [5.74, 6) is 0.383. The Bertz CT molecular complexity index is 641. The van der Waals surface area contributed by atoms with Crippen molar-refractivity contribution >= 4 is 47.3 Å². The van der Waals surface area contributed by atoms with E-state index >= 15 is 0 Å². The van der Waals surface area contributed by atoms with Crippen LogP contribution < -0.4 is 10.8 Å². The van der Waals surface area contributed by atoms with Crippen LogP contribution in [0.3, 0.4) is 0 Å². The molecular weight excluding hydrogens is 288 g/mol. The fraction of sp³-hybridized carbons (Fsp3) is 0.0909. The van der Waals surface area contributed by atoms with Gasteiger partial charge < -0.3 is 15.0 Å². The standard InChI is InChI=1S/C11H8BCl2N3O2/c13-7-4-15-11(14)17-10(7)16-8-3-1-2-6-5-19-12(18)9(6)8/h1-4,18H,5H2,(H,15,16,17). The molecule has 96 valence electrons. The highest BCUT2D eigenvalue weighted by Gasteiger charge is 2.30. The lowest BCUT2D eigenvalue weighted by Gasteiger charge is -2.11. The molecule has 2 heterocycles. The Morgan fingerprint density at radius 1 is 1.37 bits per heavy atom. The number of aromatic nitrogens is 2. The third-order valence-corrected chi connectivity index (χ3v) is 3.27. The molecule has 0 atom stereocenters. The molecule has 5 nitrogen and oxygen atoms in total. The first kappa shape index (κ1) is 12.7. The topological polar surface area (TPSA) is 67.3 Å². The second kappa shape index (κ2) is 4.98. The molecule has 0 saturated carbocycles. The van der Waals surface area contributed by atoms with Crippen LogP contribution in [0.1, 0.15) is 5.56 Å². The van der Waals surface area contributed by atoms with Gasteiger partial charge >= 0.3 is 7.12 Å². The lowest BCUT2D eigenvalue weighted by molar-refractivity contribution is 0.275. The van der Waals surface area contributed by atoms with E-state index < -0.39 is 7.12 Å². The normalized spacial score (nSPS) is 13.5. The van der Waals surface area contributed by atoms with Gasteiger partial charge in [0.15, 0.2) is 5.82 Å². The van der Waals surface area contributed by atoms with Gasteiger partial charge in [0, 0.05) is 11.2 Å². The molecule has 3 rings (SSSR count). The van der Waals surface area contributed by atoms with Crippen LogP contribution in [0.5, 0.6) is 0 Å². The van der Waals surface area contributed by atoms with E-state index in [1.54, 1.807) is 0 Å². The van der Waals surface area contributed by atoms with Crippen LogP contribution in [0.25, 0.3) is 0 Å². The van der Waals surface area contributed by atoms with Crippen molar-refractivity contribution in [1.29, 1.82) is 0 Å². The summed E-state index contributed by atoms with van der Waals surface area (Å²) in [6.45, 7) is 0.379. The Labute approximate surface area is 119 Å². The van der Waals surface area contributed by atoms with Crippen LogP contribution in [0.2, 0.25) is 10.3 Å². The third kappa shape index (κ3) is 2.40. The van der Waals surface area contributed by atoms with Gasteiger partial charge in [0.25, 0.3) is 0 Å². The minimum Gasteiger partial charge on any atom is -0.423 e. The van der Waals surface area contributed by atoms with E-state index in [1.807, 2.05) is 18.2 Å². The zero-order valence-electron chi connectivity index (χ0n) is 9.60. The summed E-state index contributed by atoms with van der Waals surface area (Å²) in [7, 11) is -0.949. The Hall–Kier alpha value is -1.34. The molecule has 0 amide bonds. The lowest BCUT2D eigenvalue weighted by Crippen LogP contribution is -2.30. The van der Waals surface area contributed by atoms with Crippen LogP contribution in [-0.2, 0) is 11.3 Å². The molecule has 0 bridgehead atoms. The molecule has 1 aromatic heterocycles. The Balaban J connectivity index is 2.01. The number of nitrogens with one attached hydrogen (secondary N) is 1. The van der Waals surface area contributed by atoms with Crippen molar-refractivity contribution in [2.75, 3.05) is 5.32 Å². The molecule has 8 heteroatoms. The van der Waals surface area contributed by atoms with Gasteiger partial charge in [-0.3, -0.25) is 0 Å². The highest BCUT2D eigenvalue weighted by atomic mass is 35.5. The van der Waals surface area contributed by atoms with Gasteiger partial charge in [-0.2, -0.15) is 4.98 Å². The van der Waals surface area contributed by atoms with Crippen molar-refractivity contribution in [1.82, 2.24) is 9.97 Å². The zero-order chi connectivity index (χ0) is 13.4. The molecule has 0 unspecified atom stereocenters. The molecule has 1 aliphatic heterocycles. The maximum atomic E-state index is 9.81. The molecule has 19 heavy (non-hydrogen) atoms. The predicted molar refractivity (Wildman–Crippen MR) is 74.2 cm³/mol. The average Bonchev–Trinajstić information content (AvgIpc) is 2.77. The number of rotatable bonds is 2. The van der Waals surface area contributed by atoms with E-state index in [0.29, 0.717) is 28.6 Å². The molecule has 2 aromatic rings. The molecule has 0 spiro atoms. The first-order valence-corrected chi connectivity index (χ1v) is 6.27. The number of hydrogen-bond acceptors (Lipinski definition) is 5. The average molecular weight is 296 g/mol. The van der Waals surface area contributed by atoms with Crippen LogP contribution in [0, 0.1) is 0 Å². The number of benzene rings is 1. The number of fused-ring (bicyclic) bond motifs is 1. The van der Waals surface area contributed by atoms with Gasteiger partial charge in [-0.1, -0.05) is 23.7 Å². The van der Waals surface area contributed by atoms with Crippen molar-refractivity contribution in [3.63, 3.8) is 0 Å². The molecule has 0 saturated heterocycles. The molecule has 1 aromatic carbocycles.